The second kappa shape index (κ2) is 4.77. The van der Waals surface area contributed by atoms with Crippen molar-refractivity contribution in [2.75, 3.05) is 6.61 Å². The van der Waals surface area contributed by atoms with Crippen molar-refractivity contribution in [3.05, 3.63) is 27.7 Å². The van der Waals surface area contributed by atoms with E-state index in [2.05, 4.69) is 15.9 Å². The number of aliphatic hydroxyl groups excluding tert-OH is 1. The lowest BCUT2D eigenvalue weighted by molar-refractivity contribution is 0.276. The number of aliphatic hydroxyl groups is 1. The zero-order valence-electron chi connectivity index (χ0n) is 8.00. The Morgan fingerprint density at radius 1 is 1.50 bits per heavy atom. The number of phenolic OH excluding ortho intramolecular Hbond substituents is 1. The molecular weight excluding hydrogens is 246 g/mol. The van der Waals surface area contributed by atoms with Gasteiger partial charge in [-0.3, -0.25) is 0 Å². The van der Waals surface area contributed by atoms with Gasteiger partial charge in [0.2, 0.25) is 0 Å². The van der Waals surface area contributed by atoms with Crippen molar-refractivity contribution < 1.29 is 10.2 Å². The molecule has 4 N–H and O–H groups in total. The van der Waals surface area contributed by atoms with Gasteiger partial charge >= 0.3 is 0 Å². The van der Waals surface area contributed by atoms with E-state index in [4.69, 9.17) is 10.8 Å². The molecule has 0 bridgehead atoms. The summed E-state index contributed by atoms with van der Waals surface area (Å²) in [5.41, 5.74) is 7.53. The van der Waals surface area contributed by atoms with Gasteiger partial charge in [0, 0.05) is 12.6 Å². The Morgan fingerprint density at radius 2 is 2.14 bits per heavy atom. The normalized spacial score (nSPS) is 12.9. The fraction of sp³-hybridized carbons (Fsp3) is 0.400. The third-order valence-corrected chi connectivity index (χ3v) is 2.75. The van der Waals surface area contributed by atoms with E-state index in [1.54, 1.807) is 6.07 Å². The van der Waals surface area contributed by atoms with Gasteiger partial charge in [-0.2, -0.15) is 0 Å². The minimum atomic E-state index is -0.185. The Labute approximate surface area is 91.7 Å². The Morgan fingerprint density at radius 3 is 2.64 bits per heavy atom. The molecule has 78 valence electrons. The topological polar surface area (TPSA) is 66.5 Å². The average molecular weight is 260 g/mol. The van der Waals surface area contributed by atoms with E-state index in [-0.39, 0.29) is 18.4 Å². The first-order valence-electron chi connectivity index (χ1n) is 4.41. The first-order chi connectivity index (χ1) is 6.56. The minimum Gasteiger partial charge on any atom is -0.506 e. The van der Waals surface area contributed by atoms with Gasteiger partial charge in [0.1, 0.15) is 5.75 Å². The molecule has 0 saturated carbocycles. The Balaban J connectivity index is 3.00. The maximum atomic E-state index is 9.51. The van der Waals surface area contributed by atoms with Crippen LogP contribution >= 0.6 is 15.9 Å². The van der Waals surface area contributed by atoms with Crippen LogP contribution in [0.1, 0.15) is 23.6 Å². The number of phenols is 1. The molecule has 0 fully saturated rings. The van der Waals surface area contributed by atoms with Gasteiger partial charge in [-0.1, -0.05) is 6.07 Å². The second-order valence-electron chi connectivity index (χ2n) is 3.29. The summed E-state index contributed by atoms with van der Waals surface area (Å²) < 4.78 is 0.640. The minimum absolute atomic E-state index is 0.0682. The van der Waals surface area contributed by atoms with Crippen LogP contribution in [0, 0.1) is 6.92 Å². The number of benzene rings is 1. The first kappa shape index (κ1) is 11.5. The van der Waals surface area contributed by atoms with Gasteiger partial charge in [0.15, 0.2) is 0 Å². The predicted octanol–water partition coefficient (Wildman–Crippen LogP) is 1.85. The lowest BCUT2D eigenvalue weighted by Gasteiger charge is -2.12. The van der Waals surface area contributed by atoms with E-state index in [9.17, 15) is 5.11 Å². The summed E-state index contributed by atoms with van der Waals surface area (Å²) in [6.07, 6.45) is 0.524. The zero-order chi connectivity index (χ0) is 10.7. The third kappa shape index (κ3) is 2.47. The van der Waals surface area contributed by atoms with Gasteiger partial charge in [-0.15, -0.1) is 0 Å². The molecule has 1 aromatic carbocycles. The molecule has 1 aromatic rings. The van der Waals surface area contributed by atoms with Gasteiger partial charge in [0.25, 0.3) is 0 Å². The zero-order valence-corrected chi connectivity index (χ0v) is 9.58. The third-order valence-electron chi connectivity index (χ3n) is 2.14. The van der Waals surface area contributed by atoms with Crippen molar-refractivity contribution >= 4 is 15.9 Å². The van der Waals surface area contributed by atoms with Crippen LogP contribution in [0.5, 0.6) is 5.75 Å². The largest absolute Gasteiger partial charge is 0.506 e. The van der Waals surface area contributed by atoms with E-state index in [0.29, 0.717) is 10.9 Å². The summed E-state index contributed by atoms with van der Waals surface area (Å²) in [6, 6.07) is 3.43. The van der Waals surface area contributed by atoms with Gasteiger partial charge in [-0.05, 0) is 46.5 Å². The van der Waals surface area contributed by atoms with Gasteiger partial charge < -0.3 is 15.9 Å². The molecule has 0 aliphatic rings. The fourth-order valence-electron chi connectivity index (χ4n) is 1.28. The smallest absolute Gasteiger partial charge is 0.132 e. The van der Waals surface area contributed by atoms with E-state index in [1.807, 2.05) is 13.0 Å². The lowest BCUT2D eigenvalue weighted by atomic mass is 10.0. The summed E-state index contributed by atoms with van der Waals surface area (Å²) in [5, 5.41) is 18.3. The predicted molar refractivity (Wildman–Crippen MR) is 59.2 cm³/mol. The number of hydrogen-bond acceptors (Lipinski definition) is 3. The molecular formula is C10H14BrNO2. The van der Waals surface area contributed by atoms with Crippen LogP contribution in [0.25, 0.3) is 0 Å². The summed E-state index contributed by atoms with van der Waals surface area (Å²) in [4.78, 5) is 0. The summed E-state index contributed by atoms with van der Waals surface area (Å²) in [7, 11) is 0. The van der Waals surface area contributed by atoms with Crippen LogP contribution in [0.15, 0.2) is 16.6 Å². The van der Waals surface area contributed by atoms with E-state index < -0.39 is 0 Å². The fourth-order valence-corrected chi connectivity index (χ4v) is 1.86. The van der Waals surface area contributed by atoms with Gasteiger partial charge in [0.05, 0.1) is 4.47 Å². The summed E-state index contributed by atoms with van der Waals surface area (Å²) in [5.74, 6) is 0.241. The molecule has 0 radical (unpaired) electrons. The van der Waals surface area contributed by atoms with Crippen LogP contribution in [0.3, 0.4) is 0 Å². The number of hydrogen-bond donors (Lipinski definition) is 3. The van der Waals surface area contributed by atoms with E-state index >= 15 is 0 Å². The molecule has 0 amide bonds. The highest BCUT2D eigenvalue weighted by atomic mass is 79.9. The van der Waals surface area contributed by atoms with Crippen molar-refractivity contribution in [1.82, 2.24) is 0 Å². The first-order valence-corrected chi connectivity index (χ1v) is 5.21. The average Bonchev–Trinajstić information content (AvgIpc) is 2.13. The molecule has 14 heavy (non-hydrogen) atoms. The van der Waals surface area contributed by atoms with Crippen molar-refractivity contribution in [2.24, 2.45) is 5.73 Å². The molecule has 1 atom stereocenters. The van der Waals surface area contributed by atoms with Crippen molar-refractivity contribution in [3.63, 3.8) is 0 Å². The van der Waals surface area contributed by atoms with Crippen LogP contribution < -0.4 is 5.73 Å². The van der Waals surface area contributed by atoms with Crippen LogP contribution in [0.2, 0.25) is 0 Å². The van der Waals surface area contributed by atoms with Crippen molar-refractivity contribution in [2.45, 2.75) is 19.4 Å². The molecule has 0 spiro atoms. The highest BCUT2D eigenvalue weighted by Gasteiger charge is 2.10. The van der Waals surface area contributed by atoms with E-state index in [1.165, 1.54) is 0 Å². The molecule has 0 aliphatic carbocycles. The van der Waals surface area contributed by atoms with Crippen molar-refractivity contribution in [3.8, 4) is 5.75 Å². The maximum absolute atomic E-state index is 9.51. The molecule has 0 aliphatic heterocycles. The molecule has 0 heterocycles. The highest BCUT2D eigenvalue weighted by molar-refractivity contribution is 9.10. The Kier molecular flexibility index (Phi) is 3.92. The van der Waals surface area contributed by atoms with Crippen molar-refractivity contribution in [1.29, 1.82) is 0 Å². The Hall–Kier alpha value is -0.580. The quantitative estimate of drug-likeness (QED) is 0.776. The number of aryl methyl sites for hydroxylation is 1. The lowest BCUT2D eigenvalue weighted by Crippen LogP contribution is -2.12. The molecule has 4 heteroatoms. The molecule has 0 saturated heterocycles. The number of nitrogens with two attached hydrogens (primary N) is 1. The van der Waals surface area contributed by atoms with Crippen LogP contribution in [0.4, 0.5) is 0 Å². The molecule has 3 nitrogen and oxygen atoms in total. The van der Waals surface area contributed by atoms with Crippen LogP contribution in [-0.4, -0.2) is 16.8 Å². The summed E-state index contributed by atoms with van der Waals surface area (Å²) >= 11 is 3.25. The molecule has 0 aromatic heterocycles. The maximum Gasteiger partial charge on any atom is 0.132 e. The van der Waals surface area contributed by atoms with E-state index in [0.717, 1.165) is 11.1 Å². The Bertz CT molecular complexity index is 305. The summed E-state index contributed by atoms with van der Waals surface area (Å²) in [6.45, 7) is 1.88. The second-order valence-corrected chi connectivity index (χ2v) is 4.14. The van der Waals surface area contributed by atoms with Crippen LogP contribution in [-0.2, 0) is 0 Å². The monoisotopic (exact) mass is 259 g/mol. The number of halogens is 1. The standard InChI is InChI=1S/C10H14BrNO2/c1-6-4-7(9(12)2-3-13)5-8(11)10(6)14/h4-5,9,13-14H,2-3,12H2,1H3. The number of rotatable bonds is 3. The highest BCUT2D eigenvalue weighted by Crippen LogP contribution is 2.31. The molecule has 1 unspecified atom stereocenters. The van der Waals surface area contributed by atoms with Gasteiger partial charge in [-0.25, -0.2) is 0 Å². The SMILES string of the molecule is Cc1cc(C(N)CCO)cc(Br)c1O. The molecule has 1 rings (SSSR count). The number of aromatic hydroxyl groups is 1.